The van der Waals surface area contributed by atoms with Gasteiger partial charge in [0.2, 0.25) is 0 Å². The van der Waals surface area contributed by atoms with Gasteiger partial charge in [0, 0.05) is 11.9 Å². The summed E-state index contributed by atoms with van der Waals surface area (Å²) in [5.41, 5.74) is 4.35. The van der Waals surface area contributed by atoms with Gasteiger partial charge in [-0.25, -0.2) is 0 Å². The second kappa shape index (κ2) is 4.59. The van der Waals surface area contributed by atoms with Crippen LogP contribution in [0.2, 0.25) is 0 Å². The zero-order chi connectivity index (χ0) is 9.80. The van der Waals surface area contributed by atoms with E-state index in [-0.39, 0.29) is 0 Å². The van der Waals surface area contributed by atoms with Crippen molar-refractivity contribution in [1.29, 1.82) is 0 Å². The van der Waals surface area contributed by atoms with Gasteiger partial charge in [-0.2, -0.15) is 0 Å². The molecule has 0 saturated carbocycles. The average Bonchev–Trinajstić information content (AvgIpc) is 2.30. The highest BCUT2D eigenvalue weighted by Crippen LogP contribution is 2.20. The maximum Gasteiger partial charge on any atom is 0.0407 e. The van der Waals surface area contributed by atoms with E-state index in [0.717, 1.165) is 0 Å². The lowest BCUT2D eigenvalue weighted by atomic mass is 9.99. The van der Waals surface area contributed by atoms with E-state index in [9.17, 15) is 0 Å². The fourth-order valence-corrected chi connectivity index (χ4v) is 2.37. The molecule has 0 aliphatic heterocycles. The molecule has 1 aliphatic rings. The molecule has 1 heterocycles. The number of aryl methyl sites for hydroxylation is 2. The van der Waals surface area contributed by atoms with Crippen LogP contribution in [-0.4, -0.2) is 4.98 Å². The Morgan fingerprint density at radius 3 is 2.57 bits per heavy atom. The molecular weight excluding hydrogens is 170 g/mol. The normalized spacial score (nSPS) is 17.8. The van der Waals surface area contributed by atoms with Crippen molar-refractivity contribution in [1.82, 2.24) is 4.98 Å². The summed E-state index contributed by atoms with van der Waals surface area (Å²) in [4.78, 5) is 4.40. The lowest BCUT2D eigenvalue weighted by molar-refractivity contribution is 0.629. The Hall–Kier alpha value is -0.850. The molecule has 0 fully saturated rings. The van der Waals surface area contributed by atoms with Crippen molar-refractivity contribution in [3.63, 3.8) is 0 Å². The molecular formula is C13H19N. The Balaban J connectivity index is 2.26. The minimum atomic E-state index is 1.25. The summed E-state index contributed by atoms with van der Waals surface area (Å²) in [6, 6.07) is 2.22. The SMILES string of the molecule is Cc1nccc2c1CCCCCCC2. The van der Waals surface area contributed by atoms with Crippen LogP contribution < -0.4 is 0 Å². The Bertz CT molecular complexity index is 304. The minimum absolute atomic E-state index is 1.25. The van der Waals surface area contributed by atoms with E-state index >= 15 is 0 Å². The fraction of sp³-hybridized carbons (Fsp3) is 0.615. The number of rotatable bonds is 0. The first-order chi connectivity index (χ1) is 6.88. The summed E-state index contributed by atoms with van der Waals surface area (Å²) in [5.74, 6) is 0. The van der Waals surface area contributed by atoms with Gasteiger partial charge in [0.15, 0.2) is 0 Å². The Kier molecular flexibility index (Phi) is 3.18. The highest BCUT2D eigenvalue weighted by molar-refractivity contribution is 5.29. The molecule has 0 N–H and O–H groups in total. The van der Waals surface area contributed by atoms with Crippen LogP contribution in [0.1, 0.15) is 48.9 Å². The predicted molar refractivity (Wildman–Crippen MR) is 59.5 cm³/mol. The molecule has 0 amide bonds. The lowest BCUT2D eigenvalue weighted by Crippen LogP contribution is -1.99. The predicted octanol–water partition coefficient (Wildman–Crippen LogP) is 3.44. The molecule has 0 aromatic carbocycles. The minimum Gasteiger partial charge on any atom is -0.261 e. The van der Waals surface area contributed by atoms with Crippen molar-refractivity contribution in [3.8, 4) is 0 Å². The monoisotopic (exact) mass is 189 g/mol. The van der Waals surface area contributed by atoms with Crippen LogP contribution in [0.15, 0.2) is 12.3 Å². The first-order valence-electron chi connectivity index (χ1n) is 5.81. The molecule has 14 heavy (non-hydrogen) atoms. The quantitative estimate of drug-likeness (QED) is 0.609. The molecule has 0 bridgehead atoms. The third kappa shape index (κ3) is 2.14. The highest BCUT2D eigenvalue weighted by Gasteiger charge is 2.08. The van der Waals surface area contributed by atoms with Crippen LogP contribution in [0.5, 0.6) is 0 Å². The topological polar surface area (TPSA) is 12.9 Å². The second-order valence-corrected chi connectivity index (χ2v) is 4.30. The maximum absolute atomic E-state index is 4.40. The van der Waals surface area contributed by atoms with Gasteiger partial charge in [-0.1, -0.05) is 19.3 Å². The molecule has 1 nitrogen and oxygen atoms in total. The first-order valence-corrected chi connectivity index (χ1v) is 5.81. The molecule has 0 atom stereocenters. The first kappa shape index (κ1) is 9.70. The van der Waals surface area contributed by atoms with Crippen LogP contribution in [-0.2, 0) is 12.8 Å². The molecule has 1 heteroatoms. The molecule has 1 aromatic rings. The van der Waals surface area contributed by atoms with Crippen LogP contribution in [0.3, 0.4) is 0 Å². The number of nitrogens with zero attached hydrogens (tertiary/aromatic N) is 1. The van der Waals surface area contributed by atoms with Crippen molar-refractivity contribution in [2.24, 2.45) is 0 Å². The number of pyridine rings is 1. The summed E-state index contributed by atoms with van der Waals surface area (Å²) in [6.07, 6.45) is 11.4. The van der Waals surface area contributed by atoms with E-state index in [4.69, 9.17) is 0 Å². The molecule has 2 rings (SSSR count). The zero-order valence-corrected chi connectivity index (χ0v) is 9.05. The number of aromatic nitrogens is 1. The maximum atomic E-state index is 4.40. The van der Waals surface area contributed by atoms with Crippen molar-refractivity contribution >= 4 is 0 Å². The van der Waals surface area contributed by atoms with Gasteiger partial charge in [-0.05, 0) is 49.8 Å². The third-order valence-electron chi connectivity index (χ3n) is 3.24. The van der Waals surface area contributed by atoms with E-state index in [0.29, 0.717) is 0 Å². The van der Waals surface area contributed by atoms with Crippen LogP contribution in [0.4, 0.5) is 0 Å². The number of hydrogen-bond acceptors (Lipinski definition) is 1. The van der Waals surface area contributed by atoms with Gasteiger partial charge >= 0.3 is 0 Å². The van der Waals surface area contributed by atoms with Crippen LogP contribution in [0.25, 0.3) is 0 Å². The molecule has 1 aromatic heterocycles. The van der Waals surface area contributed by atoms with Crippen molar-refractivity contribution in [3.05, 3.63) is 29.1 Å². The van der Waals surface area contributed by atoms with Crippen LogP contribution >= 0.6 is 0 Å². The molecule has 0 radical (unpaired) electrons. The van der Waals surface area contributed by atoms with E-state index in [2.05, 4.69) is 18.0 Å². The van der Waals surface area contributed by atoms with Gasteiger partial charge in [0.25, 0.3) is 0 Å². The Morgan fingerprint density at radius 2 is 1.71 bits per heavy atom. The summed E-state index contributed by atoms with van der Waals surface area (Å²) in [6.45, 7) is 2.15. The van der Waals surface area contributed by atoms with Gasteiger partial charge in [-0.15, -0.1) is 0 Å². The van der Waals surface area contributed by atoms with Crippen molar-refractivity contribution in [2.45, 2.75) is 51.9 Å². The lowest BCUT2D eigenvalue weighted by Gasteiger charge is -2.09. The van der Waals surface area contributed by atoms with Gasteiger partial charge in [0.1, 0.15) is 0 Å². The summed E-state index contributed by atoms with van der Waals surface area (Å²) >= 11 is 0. The summed E-state index contributed by atoms with van der Waals surface area (Å²) in [5, 5.41) is 0. The standard InChI is InChI=1S/C13H19N/c1-11-13-8-6-4-2-3-5-7-12(13)9-10-14-11/h9-10H,2-8H2,1H3. The smallest absolute Gasteiger partial charge is 0.0407 e. The average molecular weight is 189 g/mol. The van der Waals surface area contributed by atoms with E-state index < -0.39 is 0 Å². The third-order valence-corrected chi connectivity index (χ3v) is 3.24. The fourth-order valence-electron chi connectivity index (χ4n) is 2.37. The van der Waals surface area contributed by atoms with Crippen molar-refractivity contribution in [2.75, 3.05) is 0 Å². The Morgan fingerprint density at radius 1 is 1.00 bits per heavy atom. The second-order valence-electron chi connectivity index (χ2n) is 4.30. The van der Waals surface area contributed by atoms with E-state index in [1.807, 2.05) is 6.20 Å². The number of hydrogen-bond donors (Lipinski definition) is 0. The number of fused-ring (bicyclic) bond motifs is 1. The van der Waals surface area contributed by atoms with Crippen molar-refractivity contribution < 1.29 is 0 Å². The Labute approximate surface area is 86.6 Å². The molecule has 76 valence electrons. The van der Waals surface area contributed by atoms with Gasteiger partial charge in [0.05, 0.1) is 0 Å². The summed E-state index contributed by atoms with van der Waals surface area (Å²) < 4.78 is 0. The van der Waals surface area contributed by atoms with Gasteiger partial charge in [-0.3, -0.25) is 4.98 Å². The highest BCUT2D eigenvalue weighted by atomic mass is 14.7. The molecule has 0 unspecified atom stereocenters. The largest absolute Gasteiger partial charge is 0.261 e. The van der Waals surface area contributed by atoms with E-state index in [1.54, 1.807) is 5.56 Å². The molecule has 0 spiro atoms. The van der Waals surface area contributed by atoms with Gasteiger partial charge < -0.3 is 0 Å². The van der Waals surface area contributed by atoms with E-state index in [1.165, 1.54) is 56.2 Å². The zero-order valence-electron chi connectivity index (χ0n) is 9.05. The molecule has 1 aliphatic carbocycles. The molecule has 0 saturated heterocycles. The summed E-state index contributed by atoms with van der Waals surface area (Å²) in [7, 11) is 0. The van der Waals surface area contributed by atoms with Crippen LogP contribution in [0, 0.1) is 6.92 Å².